The highest BCUT2D eigenvalue weighted by atomic mass is 32.2. The SMILES string of the molecule is CCCCNC(=O)[C@@H](CC)N(Cc1ccc(F)cc1)C(=O)CN(c1cccc([N+](=O)[O-])c1)S(=O)(=O)c1ccccc1. The van der Waals surface area contributed by atoms with Gasteiger partial charge >= 0.3 is 0 Å². The molecule has 218 valence electrons. The monoisotopic (exact) mass is 584 g/mol. The van der Waals surface area contributed by atoms with Crippen molar-refractivity contribution in [3.8, 4) is 0 Å². The van der Waals surface area contributed by atoms with Crippen molar-refractivity contribution < 1.29 is 27.3 Å². The van der Waals surface area contributed by atoms with E-state index in [1.54, 1.807) is 13.0 Å². The zero-order valence-electron chi connectivity index (χ0n) is 22.9. The maximum absolute atomic E-state index is 14.0. The van der Waals surface area contributed by atoms with Gasteiger partial charge in [-0.2, -0.15) is 0 Å². The highest BCUT2D eigenvalue weighted by Gasteiger charge is 2.34. The van der Waals surface area contributed by atoms with Gasteiger partial charge in [0.05, 0.1) is 15.5 Å². The number of halogens is 1. The summed E-state index contributed by atoms with van der Waals surface area (Å²) in [5.41, 5.74) is 0.0964. The molecule has 1 atom stereocenters. The van der Waals surface area contributed by atoms with Gasteiger partial charge in [0.25, 0.3) is 15.7 Å². The van der Waals surface area contributed by atoms with Crippen LogP contribution in [0.1, 0.15) is 38.7 Å². The maximum Gasteiger partial charge on any atom is 0.271 e. The molecule has 0 aliphatic heterocycles. The van der Waals surface area contributed by atoms with E-state index < -0.39 is 45.2 Å². The smallest absolute Gasteiger partial charge is 0.271 e. The van der Waals surface area contributed by atoms with Crippen molar-refractivity contribution in [2.75, 3.05) is 17.4 Å². The molecule has 0 radical (unpaired) electrons. The van der Waals surface area contributed by atoms with Crippen LogP contribution >= 0.6 is 0 Å². The average Bonchev–Trinajstić information content (AvgIpc) is 2.97. The topological polar surface area (TPSA) is 130 Å². The third-order valence-electron chi connectivity index (χ3n) is 6.42. The second-order valence-electron chi connectivity index (χ2n) is 9.32. The van der Waals surface area contributed by atoms with Crippen LogP contribution in [0.2, 0.25) is 0 Å². The normalized spacial score (nSPS) is 11.9. The van der Waals surface area contributed by atoms with E-state index in [2.05, 4.69) is 5.32 Å². The van der Waals surface area contributed by atoms with E-state index in [0.717, 1.165) is 23.2 Å². The standard InChI is InChI=1S/C29H33FN4O6S/c1-3-5-18-31-29(36)27(4-2)32(20-22-14-16-23(30)17-15-22)28(35)21-33(24-10-9-11-25(19-24)34(37)38)41(39,40)26-12-7-6-8-13-26/h6-17,19,27H,3-5,18,20-21H2,1-2H3,(H,31,36)/t27-/m1/s1. The maximum atomic E-state index is 14.0. The lowest BCUT2D eigenvalue weighted by molar-refractivity contribution is -0.384. The molecule has 0 aliphatic rings. The number of hydrogen-bond acceptors (Lipinski definition) is 6. The Bertz CT molecular complexity index is 1450. The van der Waals surface area contributed by atoms with Crippen LogP contribution in [0.5, 0.6) is 0 Å². The number of benzene rings is 3. The quantitative estimate of drug-likeness (QED) is 0.167. The van der Waals surface area contributed by atoms with Crippen LogP contribution in [0.3, 0.4) is 0 Å². The summed E-state index contributed by atoms with van der Waals surface area (Å²) in [5.74, 6) is -1.58. The molecule has 0 unspecified atom stereocenters. The van der Waals surface area contributed by atoms with Crippen molar-refractivity contribution in [2.45, 2.75) is 50.6 Å². The Morgan fingerprint density at radius 2 is 1.68 bits per heavy atom. The predicted molar refractivity (Wildman–Crippen MR) is 153 cm³/mol. The molecule has 12 heteroatoms. The third-order valence-corrected chi connectivity index (χ3v) is 8.21. The summed E-state index contributed by atoms with van der Waals surface area (Å²) in [6.07, 6.45) is 1.82. The Labute approximate surface area is 239 Å². The largest absolute Gasteiger partial charge is 0.354 e. The molecular formula is C29H33FN4O6S. The number of nitrogens with one attached hydrogen (secondary N) is 1. The van der Waals surface area contributed by atoms with Crippen molar-refractivity contribution in [1.29, 1.82) is 0 Å². The number of amides is 2. The summed E-state index contributed by atoms with van der Waals surface area (Å²) in [6, 6.07) is 16.9. The molecule has 2 amide bonds. The molecule has 0 fully saturated rings. The lowest BCUT2D eigenvalue weighted by Gasteiger charge is -2.33. The number of carbonyl (C=O) groups excluding carboxylic acids is 2. The Morgan fingerprint density at radius 3 is 2.29 bits per heavy atom. The molecule has 3 rings (SSSR count). The van der Waals surface area contributed by atoms with Crippen LogP contribution in [0, 0.1) is 15.9 Å². The van der Waals surface area contributed by atoms with Crippen LogP contribution in [0.25, 0.3) is 0 Å². The molecule has 0 heterocycles. The van der Waals surface area contributed by atoms with Crippen molar-refractivity contribution in [3.05, 3.63) is 100 Å². The van der Waals surface area contributed by atoms with Crippen LogP contribution in [-0.4, -0.2) is 49.2 Å². The molecule has 0 aliphatic carbocycles. The summed E-state index contributed by atoms with van der Waals surface area (Å²) in [5, 5.41) is 14.3. The van der Waals surface area contributed by atoms with Crippen molar-refractivity contribution in [3.63, 3.8) is 0 Å². The van der Waals surface area contributed by atoms with Crippen LogP contribution < -0.4 is 9.62 Å². The van der Waals surface area contributed by atoms with Gasteiger partial charge in [-0.05, 0) is 48.7 Å². The number of nitrogens with zero attached hydrogens (tertiary/aromatic N) is 3. The number of anilines is 1. The van der Waals surface area contributed by atoms with Gasteiger partial charge < -0.3 is 10.2 Å². The van der Waals surface area contributed by atoms with Gasteiger partial charge in [0.15, 0.2) is 0 Å². The fraction of sp³-hybridized carbons (Fsp3) is 0.310. The first-order chi connectivity index (χ1) is 19.6. The van der Waals surface area contributed by atoms with E-state index in [0.29, 0.717) is 12.1 Å². The number of hydrogen-bond donors (Lipinski definition) is 1. The Kier molecular flexibility index (Phi) is 10.9. The number of unbranched alkanes of at least 4 members (excludes halogenated alkanes) is 1. The predicted octanol–water partition coefficient (Wildman–Crippen LogP) is 4.65. The summed E-state index contributed by atoms with van der Waals surface area (Å²) >= 11 is 0. The minimum atomic E-state index is -4.36. The first-order valence-electron chi connectivity index (χ1n) is 13.2. The molecule has 0 aromatic heterocycles. The molecule has 0 saturated heterocycles. The minimum Gasteiger partial charge on any atom is -0.354 e. The molecule has 0 spiro atoms. The Morgan fingerprint density at radius 1 is 1.00 bits per heavy atom. The summed E-state index contributed by atoms with van der Waals surface area (Å²) in [7, 11) is -4.36. The fourth-order valence-electron chi connectivity index (χ4n) is 4.22. The van der Waals surface area contributed by atoms with Gasteiger partial charge in [0.1, 0.15) is 18.4 Å². The molecule has 3 aromatic rings. The van der Waals surface area contributed by atoms with Crippen molar-refractivity contribution in [1.82, 2.24) is 10.2 Å². The summed E-state index contributed by atoms with van der Waals surface area (Å²) < 4.78 is 41.9. The van der Waals surface area contributed by atoms with E-state index >= 15 is 0 Å². The minimum absolute atomic E-state index is 0.0846. The lowest BCUT2D eigenvalue weighted by Crippen LogP contribution is -2.52. The molecule has 0 saturated carbocycles. The van der Waals surface area contributed by atoms with Crippen LogP contribution in [0.4, 0.5) is 15.8 Å². The lowest BCUT2D eigenvalue weighted by atomic mass is 10.1. The molecule has 3 aromatic carbocycles. The highest BCUT2D eigenvalue weighted by Crippen LogP contribution is 2.27. The van der Waals surface area contributed by atoms with Crippen molar-refractivity contribution >= 4 is 33.2 Å². The number of nitro benzene ring substituents is 1. The molecule has 41 heavy (non-hydrogen) atoms. The number of nitro groups is 1. The highest BCUT2D eigenvalue weighted by molar-refractivity contribution is 7.92. The third kappa shape index (κ3) is 8.10. The van der Waals surface area contributed by atoms with E-state index in [-0.39, 0.29) is 29.2 Å². The van der Waals surface area contributed by atoms with Gasteiger partial charge in [-0.15, -0.1) is 0 Å². The number of sulfonamides is 1. The number of non-ortho nitro benzene ring substituents is 1. The van der Waals surface area contributed by atoms with Crippen LogP contribution in [-0.2, 0) is 26.2 Å². The fourth-order valence-corrected chi connectivity index (χ4v) is 5.65. The zero-order chi connectivity index (χ0) is 30.0. The van der Waals surface area contributed by atoms with E-state index in [1.807, 2.05) is 6.92 Å². The average molecular weight is 585 g/mol. The second-order valence-corrected chi connectivity index (χ2v) is 11.2. The van der Waals surface area contributed by atoms with Gasteiger partial charge in [0, 0.05) is 25.2 Å². The molecular weight excluding hydrogens is 551 g/mol. The van der Waals surface area contributed by atoms with E-state index in [4.69, 9.17) is 0 Å². The Hall–Kier alpha value is -4.32. The molecule has 10 nitrogen and oxygen atoms in total. The van der Waals surface area contributed by atoms with Gasteiger partial charge in [-0.1, -0.05) is 56.7 Å². The van der Waals surface area contributed by atoms with Gasteiger partial charge in [-0.25, -0.2) is 12.8 Å². The van der Waals surface area contributed by atoms with E-state index in [9.17, 15) is 32.5 Å². The summed E-state index contributed by atoms with van der Waals surface area (Å²) in [6.45, 7) is 3.29. The summed E-state index contributed by atoms with van der Waals surface area (Å²) in [4.78, 5) is 39.1. The first kappa shape index (κ1) is 31.2. The van der Waals surface area contributed by atoms with Gasteiger partial charge in [-0.3, -0.25) is 24.0 Å². The molecule has 1 N–H and O–H groups in total. The van der Waals surface area contributed by atoms with Crippen LogP contribution in [0.15, 0.2) is 83.8 Å². The van der Waals surface area contributed by atoms with Crippen molar-refractivity contribution in [2.24, 2.45) is 0 Å². The number of rotatable bonds is 14. The second kappa shape index (κ2) is 14.4. The number of carbonyl (C=O) groups is 2. The first-order valence-corrected chi connectivity index (χ1v) is 14.7. The Balaban J connectivity index is 2.06. The van der Waals surface area contributed by atoms with E-state index in [1.165, 1.54) is 71.6 Å². The molecule has 0 bridgehead atoms. The zero-order valence-corrected chi connectivity index (χ0v) is 23.7. The van der Waals surface area contributed by atoms with Gasteiger partial charge in [0.2, 0.25) is 11.8 Å².